The first-order valence-electron chi connectivity index (χ1n) is 8.64. The number of hydrogen-bond donors (Lipinski definition) is 0. The van der Waals surface area contributed by atoms with Gasteiger partial charge in [-0.2, -0.15) is 10.5 Å². The predicted octanol–water partition coefficient (Wildman–Crippen LogP) is 4.24. The van der Waals surface area contributed by atoms with Crippen LogP contribution in [0.3, 0.4) is 0 Å². The van der Waals surface area contributed by atoms with E-state index in [1.54, 1.807) is 14.2 Å². The Hall–Kier alpha value is -3.86. The third-order valence-electron chi connectivity index (χ3n) is 4.47. The van der Waals surface area contributed by atoms with E-state index in [0.29, 0.717) is 0 Å². The van der Waals surface area contributed by atoms with Gasteiger partial charge in [-0.05, 0) is 48.2 Å². The molecule has 0 saturated heterocycles. The quantitative estimate of drug-likeness (QED) is 0.740. The van der Waals surface area contributed by atoms with Crippen molar-refractivity contribution in [1.29, 1.82) is 10.5 Å². The zero-order valence-electron chi connectivity index (χ0n) is 16.3. The van der Waals surface area contributed by atoms with Crippen molar-refractivity contribution in [3.63, 3.8) is 0 Å². The summed E-state index contributed by atoms with van der Waals surface area (Å²) in [7, 11) is 3.23. The van der Waals surface area contributed by atoms with Crippen molar-refractivity contribution in [1.82, 2.24) is 0 Å². The first kappa shape index (κ1) is 20.5. The van der Waals surface area contributed by atoms with E-state index in [2.05, 4.69) is 23.7 Å². The topological polar surface area (TPSA) is 66.0 Å². The molecule has 138 valence electrons. The monoisotopic (exact) mass is 368 g/mol. The molecule has 2 aromatic carbocycles. The van der Waals surface area contributed by atoms with Crippen molar-refractivity contribution in [3.05, 3.63) is 58.7 Å². The van der Waals surface area contributed by atoms with E-state index < -0.39 is 11.8 Å². The molecule has 0 amide bonds. The first-order valence-corrected chi connectivity index (χ1v) is 8.64. The van der Waals surface area contributed by atoms with Crippen LogP contribution in [-0.4, -0.2) is 14.2 Å². The van der Waals surface area contributed by atoms with Gasteiger partial charge in [0.05, 0.1) is 26.1 Å². The van der Waals surface area contributed by atoms with Gasteiger partial charge in [-0.15, -0.1) is 0 Å². The van der Waals surface area contributed by atoms with Crippen molar-refractivity contribution in [2.75, 3.05) is 14.2 Å². The minimum Gasteiger partial charge on any atom is -0.496 e. The van der Waals surface area contributed by atoms with Crippen LogP contribution in [0.4, 0.5) is 0 Å². The molecule has 0 bridgehead atoms. The van der Waals surface area contributed by atoms with E-state index >= 15 is 0 Å². The molecule has 2 aromatic rings. The molecule has 0 N–H and O–H groups in total. The van der Waals surface area contributed by atoms with Gasteiger partial charge in [-0.1, -0.05) is 36.1 Å². The van der Waals surface area contributed by atoms with E-state index in [-0.39, 0.29) is 0 Å². The number of nitrogens with zero attached hydrogens (tertiary/aromatic N) is 2. The number of nitriles is 2. The molecule has 0 spiro atoms. The summed E-state index contributed by atoms with van der Waals surface area (Å²) in [4.78, 5) is 0. The second-order valence-electron chi connectivity index (χ2n) is 6.18. The van der Waals surface area contributed by atoms with Gasteiger partial charge in [-0.3, -0.25) is 0 Å². The highest BCUT2D eigenvalue weighted by Gasteiger charge is 2.23. The van der Waals surface area contributed by atoms with E-state index in [4.69, 9.17) is 20.0 Å². The van der Waals surface area contributed by atoms with Crippen LogP contribution in [0, 0.1) is 60.2 Å². The summed E-state index contributed by atoms with van der Waals surface area (Å²) < 4.78 is 10.8. The van der Waals surface area contributed by atoms with E-state index in [1.165, 1.54) is 0 Å². The first-order chi connectivity index (χ1) is 13.5. The zero-order valence-corrected chi connectivity index (χ0v) is 16.3. The summed E-state index contributed by atoms with van der Waals surface area (Å²) >= 11 is 0. The normalized spacial score (nSPS) is 11.4. The second-order valence-corrected chi connectivity index (χ2v) is 6.18. The highest BCUT2D eigenvalue weighted by atomic mass is 16.5. The number of hydrogen-bond acceptors (Lipinski definition) is 4. The van der Waals surface area contributed by atoms with Crippen molar-refractivity contribution in [2.24, 2.45) is 0 Å². The maximum Gasteiger partial charge on any atom is 0.152 e. The van der Waals surface area contributed by atoms with Crippen LogP contribution in [0.15, 0.2) is 36.4 Å². The molecular weight excluding hydrogens is 348 g/mol. The molecule has 2 atom stereocenters. The zero-order chi connectivity index (χ0) is 20.5. The molecular formula is C24H20N2O2. The Balaban J connectivity index is 2.66. The van der Waals surface area contributed by atoms with Gasteiger partial charge in [0.2, 0.25) is 0 Å². The van der Waals surface area contributed by atoms with Crippen molar-refractivity contribution in [3.8, 4) is 47.3 Å². The third kappa shape index (κ3) is 4.65. The summed E-state index contributed by atoms with van der Waals surface area (Å²) in [6, 6.07) is 15.3. The molecule has 0 fully saturated rings. The van der Waals surface area contributed by atoms with Gasteiger partial charge >= 0.3 is 0 Å². The Morgan fingerprint density at radius 1 is 0.714 bits per heavy atom. The lowest BCUT2D eigenvalue weighted by atomic mass is 9.81. The maximum absolute atomic E-state index is 8.99. The van der Waals surface area contributed by atoms with Gasteiger partial charge in [-0.25, -0.2) is 0 Å². The van der Waals surface area contributed by atoms with Gasteiger partial charge in [0, 0.05) is 11.8 Å². The number of rotatable bonds is 5. The van der Waals surface area contributed by atoms with Crippen LogP contribution >= 0.6 is 0 Å². The fourth-order valence-corrected chi connectivity index (χ4v) is 3.06. The summed E-state index contributed by atoms with van der Waals surface area (Å²) in [6.07, 6.45) is 0. The average Bonchev–Trinajstić information content (AvgIpc) is 2.71. The highest BCUT2D eigenvalue weighted by Crippen LogP contribution is 2.36. The fraction of sp³-hybridized carbons (Fsp3) is 0.250. The van der Waals surface area contributed by atoms with Gasteiger partial charge in [0.1, 0.15) is 11.5 Å². The predicted molar refractivity (Wildman–Crippen MR) is 108 cm³/mol. The standard InChI is InChI=1S/C24H20N2O2/c1-17-9-10-20(16-24(17)28-4)22(8-6-14-26)21(7-5-13-25)19-11-12-23(27-3)18(2)15-19/h9-12,15-16,21-22H,1-4H3. The van der Waals surface area contributed by atoms with Crippen LogP contribution in [0.5, 0.6) is 11.5 Å². The molecule has 0 heterocycles. The van der Waals surface area contributed by atoms with Gasteiger partial charge in [0.15, 0.2) is 12.1 Å². The van der Waals surface area contributed by atoms with Crippen molar-refractivity contribution in [2.45, 2.75) is 25.7 Å². The number of methoxy groups -OCH3 is 2. The van der Waals surface area contributed by atoms with Crippen molar-refractivity contribution < 1.29 is 9.47 Å². The summed E-state index contributed by atoms with van der Waals surface area (Å²) in [5, 5.41) is 18.0. The van der Waals surface area contributed by atoms with Crippen LogP contribution in [0.25, 0.3) is 0 Å². The molecule has 0 radical (unpaired) electrons. The SMILES string of the molecule is COc1ccc(C(C#CC#N)C(C#CC#N)c2ccc(C)c(OC)c2)cc1C. The summed E-state index contributed by atoms with van der Waals surface area (Å²) in [5.74, 6) is 11.7. The number of ether oxygens (including phenoxy) is 2. The molecule has 0 saturated carbocycles. The molecule has 2 unspecified atom stereocenters. The molecule has 4 nitrogen and oxygen atoms in total. The van der Waals surface area contributed by atoms with Crippen LogP contribution in [0.2, 0.25) is 0 Å². The summed E-state index contributed by atoms with van der Waals surface area (Å²) in [6.45, 7) is 3.90. The fourth-order valence-electron chi connectivity index (χ4n) is 3.06. The van der Waals surface area contributed by atoms with E-state index in [9.17, 15) is 0 Å². The Bertz CT molecular complexity index is 1070. The number of aryl methyl sites for hydroxylation is 2. The molecule has 4 heteroatoms. The van der Waals surface area contributed by atoms with Crippen LogP contribution in [-0.2, 0) is 0 Å². The van der Waals surface area contributed by atoms with Crippen LogP contribution in [0.1, 0.15) is 34.1 Å². The van der Waals surface area contributed by atoms with Gasteiger partial charge < -0.3 is 9.47 Å². The van der Waals surface area contributed by atoms with E-state index in [0.717, 1.165) is 33.8 Å². The minimum atomic E-state index is -0.400. The molecule has 0 aliphatic heterocycles. The Labute approximate surface area is 166 Å². The third-order valence-corrected chi connectivity index (χ3v) is 4.47. The van der Waals surface area contributed by atoms with Crippen molar-refractivity contribution >= 4 is 0 Å². The minimum absolute atomic E-state index is 0.391. The Kier molecular flexibility index (Phi) is 7.11. The smallest absolute Gasteiger partial charge is 0.152 e. The molecule has 2 rings (SSSR count). The van der Waals surface area contributed by atoms with Crippen LogP contribution < -0.4 is 9.47 Å². The molecule has 0 aliphatic rings. The Morgan fingerprint density at radius 3 is 1.75 bits per heavy atom. The highest BCUT2D eigenvalue weighted by molar-refractivity contribution is 5.48. The molecule has 0 aromatic heterocycles. The Morgan fingerprint density at radius 2 is 1.25 bits per heavy atom. The largest absolute Gasteiger partial charge is 0.496 e. The average molecular weight is 368 g/mol. The molecule has 28 heavy (non-hydrogen) atoms. The summed E-state index contributed by atoms with van der Waals surface area (Å²) in [5.41, 5.74) is 3.73. The lowest BCUT2D eigenvalue weighted by Gasteiger charge is -2.21. The van der Waals surface area contributed by atoms with Gasteiger partial charge in [0.25, 0.3) is 0 Å². The lowest BCUT2D eigenvalue weighted by Crippen LogP contribution is -2.10. The molecule has 0 aliphatic carbocycles. The lowest BCUT2D eigenvalue weighted by molar-refractivity contribution is 0.411. The number of benzene rings is 2. The van der Waals surface area contributed by atoms with E-state index in [1.807, 2.05) is 62.4 Å². The second kappa shape index (κ2) is 9.73. The maximum atomic E-state index is 8.99.